The van der Waals surface area contributed by atoms with Gasteiger partial charge in [0.15, 0.2) is 0 Å². The molecule has 4 nitrogen and oxygen atoms in total. The molecule has 0 atom stereocenters. The SMILES string of the molecule is Cn1cc(C(=O)NC2(CCl)CCCC2)cn1. The lowest BCUT2D eigenvalue weighted by molar-refractivity contribution is 0.0909. The molecule has 0 radical (unpaired) electrons. The summed E-state index contributed by atoms with van der Waals surface area (Å²) in [5.74, 6) is 0.412. The normalized spacial score (nSPS) is 18.6. The Labute approximate surface area is 100.0 Å². The number of alkyl halides is 1. The van der Waals surface area contributed by atoms with Gasteiger partial charge < -0.3 is 5.32 Å². The van der Waals surface area contributed by atoms with Crippen LogP contribution in [-0.2, 0) is 7.05 Å². The first-order valence-corrected chi connectivity index (χ1v) is 6.06. The second-order valence-corrected chi connectivity index (χ2v) is 4.75. The van der Waals surface area contributed by atoms with E-state index in [-0.39, 0.29) is 11.4 Å². The number of nitrogens with one attached hydrogen (secondary N) is 1. The van der Waals surface area contributed by atoms with E-state index in [1.165, 1.54) is 0 Å². The summed E-state index contributed by atoms with van der Waals surface area (Å²) in [6, 6.07) is 0. The van der Waals surface area contributed by atoms with Crippen molar-refractivity contribution in [3.8, 4) is 0 Å². The summed E-state index contributed by atoms with van der Waals surface area (Å²) in [6.45, 7) is 0. The fourth-order valence-corrected chi connectivity index (χ4v) is 2.53. The van der Waals surface area contributed by atoms with Crippen LogP contribution in [0.25, 0.3) is 0 Å². The monoisotopic (exact) mass is 241 g/mol. The van der Waals surface area contributed by atoms with Crippen LogP contribution in [0, 0.1) is 0 Å². The van der Waals surface area contributed by atoms with Gasteiger partial charge in [0.1, 0.15) is 0 Å². The van der Waals surface area contributed by atoms with Crippen LogP contribution in [0.4, 0.5) is 0 Å². The molecular formula is C11H16ClN3O. The van der Waals surface area contributed by atoms with Crippen LogP contribution < -0.4 is 5.32 Å². The van der Waals surface area contributed by atoms with Gasteiger partial charge in [-0.25, -0.2) is 0 Å². The van der Waals surface area contributed by atoms with Crippen molar-refractivity contribution in [3.05, 3.63) is 18.0 Å². The summed E-state index contributed by atoms with van der Waals surface area (Å²) in [5, 5.41) is 7.03. The van der Waals surface area contributed by atoms with Gasteiger partial charge in [-0.1, -0.05) is 12.8 Å². The van der Waals surface area contributed by atoms with Crippen LogP contribution in [-0.4, -0.2) is 27.1 Å². The second kappa shape index (κ2) is 4.45. The second-order valence-electron chi connectivity index (χ2n) is 4.48. The molecule has 1 amide bonds. The fraction of sp³-hybridized carbons (Fsp3) is 0.636. The molecule has 1 aromatic rings. The molecule has 1 heterocycles. The molecule has 2 rings (SSSR count). The minimum Gasteiger partial charge on any atom is -0.345 e. The van der Waals surface area contributed by atoms with E-state index in [2.05, 4.69) is 10.4 Å². The minimum atomic E-state index is -0.200. The van der Waals surface area contributed by atoms with E-state index < -0.39 is 0 Å². The zero-order valence-electron chi connectivity index (χ0n) is 9.37. The van der Waals surface area contributed by atoms with Gasteiger partial charge in [0.05, 0.1) is 17.3 Å². The summed E-state index contributed by atoms with van der Waals surface area (Å²) >= 11 is 5.97. The lowest BCUT2D eigenvalue weighted by atomic mass is 10.00. The van der Waals surface area contributed by atoms with Gasteiger partial charge in [0.2, 0.25) is 0 Å². The highest BCUT2D eigenvalue weighted by molar-refractivity contribution is 6.19. The summed E-state index contributed by atoms with van der Waals surface area (Å²) in [5.41, 5.74) is 0.396. The van der Waals surface area contributed by atoms with Crippen LogP contribution in [0.1, 0.15) is 36.0 Å². The predicted molar refractivity (Wildman–Crippen MR) is 62.6 cm³/mol. The summed E-state index contributed by atoms with van der Waals surface area (Å²) in [4.78, 5) is 12.0. The maximum Gasteiger partial charge on any atom is 0.254 e. The number of hydrogen-bond donors (Lipinski definition) is 1. The number of aromatic nitrogens is 2. The molecule has 1 aliphatic carbocycles. The molecule has 0 saturated heterocycles. The van der Waals surface area contributed by atoms with Gasteiger partial charge in [-0.15, -0.1) is 11.6 Å². The number of carbonyl (C=O) groups is 1. The van der Waals surface area contributed by atoms with E-state index in [1.807, 2.05) is 0 Å². The number of halogens is 1. The molecule has 16 heavy (non-hydrogen) atoms. The van der Waals surface area contributed by atoms with Crippen LogP contribution in [0.2, 0.25) is 0 Å². The third kappa shape index (κ3) is 2.21. The molecule has 1 saturated carbocycles. The zero-order valence-corrected chi connectivity index (χ0v) is 10.1. The molecule has 0 aliphatic heterocycles. The molecule has 1 aliphatic rings. The number of carbonyl (C=O) groups excluding carboxylic acids is 1. The maximum atomic E-state index is 12.0. The van der Waals surface area contributed by atoms with Gasteiger partial charge in [0.25, 0.3) is 5.91 Å². The standard InChI is InChI=1S/C11H16ClN3O/c1-15-7-9(6-13-15)10(16)14-11(8-12)4-2-3-5-11/h6-7H,2-5,8H2,1H3,(H,14,16). The number of aryl methyl sites for hydroxylation is 1. The quantitative estimate of drug-likeness (QED) is 0.819. The van der Waals surface area contributed by atoms with Crippen molar-refractivity contribution < 1.29 is 4.79 Å². The predicted octanol–water partition coefficient (Wildman–Crippen LogP) is 1.70. The Bertz CT molecular complexity index is 382. The van der Waals surface area contributed by atoms with Gasteiger partial charge in [-0.2, -0.15) is 5.10 Å². The highest BCUT2D eigenvalue weighted by atomic mass is 35.5. The molecule has 0 bridgehead atoms. The van der Waals surface area contributed by atoms with E-state index in [1.54, 1.807) is 24.1 Å². The first-order valence-electron chi connectivity index (χ1n) is 5.52. The van der Waals surface area contributed by atoms with Crippen LogP contribution in [0.3, 0.4) is 0 Å². The molecule has 88 valence electrons. The first-order chi connectivity index (χ1) is 7.65. The molecule has 5 heteroatoms. The molecule has 1 N–H and O–H groups in total. The van der Waals surface area contributed by atoms with Gasteiger partial charge >= 0.3 is 0 Å². The summed E-state index contributed by atoms with van der Waals surface area (Å²) in [7, 11) is 1.80. The van der Waals surface area contributed by atoms with Crippen LogP contribution in [0.5, 0.6) is 0 Å². The topological polar surface area (TPSA) is 46.9 Å². The van der Waals surface area contributed by atoms with Crippen molar-refractivity contribution in [1.82, 2.24) is 15.1 Å². The smallest absolute Gasteiger partial charge is 0.254 e. The molecule has 1 aromatic heterocycles. The van der Waals surface area contributed by atoms with Crippen LogP contribution in [0.15, 0.2) is 12.4 Å². The largest absolute Gasteiger partial charge is 0.345 e. The van der Waals surface area contributed by atoms with Crippen LogP contribution >= 0.6 is 11.6 Å². The fourth-order valence-electron chi connectivity index (χ4n) is 2.20. The van der Waals surface area contributed by atoms with Crippen molar-refractivity contribution >= 4 is 17.5 Å². The Hall–Kier alpha value is -1.03. The first kappa shape index (κ1) is 11.5. The highest BCUT2D eigenvalue weighted by Crippen LogP contribution is 2.30. The van der Waals surface area contributed by atoms with E-state index in [9.17, 15) is 4.79 Å². The number of nitrogens with zero attached hydrogens (tertiary/aromatic N) is 2. The molecule has 0 unspecified atom stereocenters. The lowest BCUT2D eigenvalue weighted by Crippen LogP contribution is -2.47. The average Bonchev–Trinajstić information content (AvgIpc) is 2.88. The molecule has 0 aromatic carbocycles. The van der Waals surface area contributed by atoms with Gasteiger partial charge in [-0.3, -0.25) is 9.48 Å². The molecular weight excluding hydrogens is 226 g/mol. The Morgan fingerprint density at radius 1 is 1.62 bits per heavy atom. The third-order valence-corrected chi connectivity index (χ3v) is 3.67. The van der Waals surface area contributed by atoms with Crippen molar-refractivity contribution in [2.75, 3.05) is 5.88 Å². The minimum absolute atomic E-state index is 0.0735. The molecule has 1 fully saturated rings. The number of hydrogen-bond acceptors (Lipinski definition) is 2. The highest BCUT2D eigenvalue weighted by Gasteiger charge is 2.34. The van der Waals surface area contributed by atoms with E-state index in [4.69, 9.17) is 11.6 Å². The Morgan fingerprint density at radius 3 is 2.81 bits per heavy atom. The Kier molecular flexibility index (Phi) is 3.19. The van der Waals surface area contributed by atoms with Crippen molar-refractivity contribution in [2.24, 2.45) is 7.05 Å². The van der Waals surface area contributed by atoms with Crippen molar-refractivity contribution in [2.45, 2.75) is 31.2 Å². The van der Waals surface area contributed by atoms with E-state index in [0.29, 0.717) is 11.4 Å². The average molecular weight is 242 g/mol. The number of rotatable bonds is 3. The van der Waals surface area contributed by atoms with E-state index in [0.717, 1.165) is 25.7 Å². The molecule has 0 spiro atoms. The van der Waals surface area contributed by atoms with E-state index >= 15 is 0 Å². The van der Waals surface area contributed by atoms with Crippen molar-refractivity contribution in [3.63, 3.8) is 0 Å². The lowest BCUT2D eigenvalue weighted by Gasteiger charge is -2.27. The summed E-state index contributed by atoms with van der Waals surface area (Å²) < 4.78 is 1.62. The van der Waals surface area contributed by atoms with Gasteiger partial charge in [0, 0.05) is 19.1 Å². The van der Waals surface area contributed by atoms with Crippen molar-refractivity contribution in [1.29, 1.82) is 0 Å². The maximum absolute atomic E-state index is 12.0. The summed E-state index contributed by atoms with van der Waals surface area (Å²) in [6.07, 6.45) is 7.52. The third-order valence-electron chi connectivity index (χ3n) is 3.16. The van der Waals surface area contributed by atoms with Gasteiger partial charge in [-0.05, 0) is 12.8 Å². The number of amides is 1. The zero-order chi connectivity index (χ0) is 11.6. The Morgan fingerprint density at radius 2 is 2.31 bits per heavy atom. The Balaban J connectivity index is 2.06.